The molecule has 122 valence electrons. The molecule has 1 saturated heterocycles. The van der Waals surface area contributed by atoms with Gasteiger partial charge in [-0.3, -0.25) is 0 Å². The van der Waals surface area contributed by atoms with Gasteiger partial charge in [0.2, 0.25) is 0 Å². The Kier molecular flexibility index (Phi) is 5.02. The number of halogens is 1. The summed E-state index contributed by atoms with van der Waals surface area (Å²) in [7, 11) is -3.07. The Bertz CT molecular complexity index is 665. The summed E-state index contributed by atoms with van der Waals surface area (Å²) in [5, 5.41) is 3.52. The number of carbonyl (C=O) groups excluding carboxylic acids is 1. The van der Waals surface area contributed by atoms with E-state index in [1.54, 1.807) is 4.90 Å². The van der Waals surface area contributed by atoms with Crippen LogP contribution in [0.1, 0.15) is 18.1 Å². The molecule has 2 rings (SSSR count). The topological polar surface area (TPSA) is 66.5 Å². The van der Waals surface area contributed by atoms with Crippen LogP contribution in [0.5, 0.6) is 0 Å². The van der Waals surface area contributed by atoms with Gasteiger partial charge in [0.05, 0.1) is 11.5 Å². The van der Waals surface area contributed by atoms with Crippen molar-refractivity contribution in [3.8, 4) is 0 Å². The Labute approximate surface area is 136 Å². The van der Waals surface area contributed by atoms with E-state index in [9.17, 15) is 13.2 Å². The van der Waals surface area contributed by atoms with Crippen molar-refractivity contribution in [3.63, 3.8) is 0 Å². The van der Waals surface area contributed by atoms with Crippen LogP contribution in [0.15, 0.2) is 12.1 Å². The monoisotopic (exact) mass is 344 g/mol. The lowest BCUT2D eigenvalue weighted by molar-refractivity contribution is 0.210. The van der Waals surface area contributed by atoms with Crippen molar-refractivity contribution >= 4 is 33.2 Å². The summed E-state index contributed by atoms with van der Waals surface area (Å²) in [6, 6.07) is 3.35. The third kappa shape index (κ3) is 4.14. The summed E-state index contributed by atoms with van der Waals surface area (Å²) in [5.41, 5.74) is 2.46. The molecule has 0 aromatic heterocycles. The Morgan fingerprint density at radius 2 is 1.91 bits per heavy atom. The highest BCUT2D eigenvalue weighted by Crippen LogP contribution is 2.24. The van der Waals surface area contributed by atoms with Gasteiger partial charge >= 0.3 is 6.03 Å². The second-order valence-corrected chi connectivity index (χ2v) is 8.63. The minimum Gasteiger partial charge on any atom is -0.323 e. The molecule has 1 aromatic rings. The smallest absolute Gasteiger partial charge is 0.321 e. The number of benzene rings is 1. The molecule has 1 fully saturated rings. The van der Waals surface area contributed by atoms with Crippen molar-refractivity contribution in [2.24, 2.45) is 5.92 Å². The number of amides is 2. The quantitative estimate of drug-likeness (QED) is 0.851. The van der Waals surface area contributed by atoms with Crippen molar-refractivity contribution in [3.05, 3.63) is 28.3 Å². The summed E-state index contributed by atoms with van der Waals surface area (Å²) in [6.45, 7) is 6.28. The molecule has 0 bridgehead atoms. The molecule has 0 aliphatic carbocycles. The summed E-state index contributed by atoms with van der Waals surface area (Å²) < 4.78 is 23.5. The van der Waals surface area contributed by atoms with Gasteiger partial charge in [-0.05, 0) is 43.0 Å². The first-order chi connectivity index (χ1) is 10.2. The fraction of sp³-hybridized carbons (Fsp3) is 0.533. The zero-order valence-electron chi connectivity index (χ0n) is 13.0. The van der Waals surface area contributed by atoms with E-state index in [0.717, 1.165) is 11.1 Å². The van der Waals surface area contributed by atoms with E-state index in [1.807, 2.05) is 32.9 Å². The lowest BCUT2D eigenvalue weighted by Crippen LogP contribution is -2.38. The number of nitrogens with one attached hydrogen (secondary N) is 1. The molecule has 2 amide bonds. The normalized spacial score (nSPS) is 21.3. The molecule has 1 atom stereocenters. The van der Waals surface area contributed by atoms with Crippen LogP contribution in [-0.4, -0.2) is 43.9 Å². The molecule has 22 heavy (non-hydrogen) atoms. The van der Waals surface area contributed by atoms with Gasteiger partial charge in [0.25, 0.3) is 0 Å². The minimum atomic E-state index is -3.07. The van der Waals surface area contributed by atoms with Crippen LogP contribution in [-0.2, 0) is 9.84 Å². The van der Waals surface area contributed by atoms with E-state index in [0.29, 0.717) is 17.3 Å². The fourth-order valence-corrected chi connectivity index (χ4v) is 4.44. The van der Waals surface area contributed by atoms with Crippen LogP contribution in [0.25, 0.3) is 0 Å². The van der Waals surface area contributed by atoms with Crippen LogP contribution in [0.4, 0.5) is 10.5 Å². The average molecular weight is 345 g/mol. The number of rotatable bonds is 1. The van der Waals surface area contributed by atoms with E-state index in [1.165, 1.54) is 0 Å². The van der Waals surface area contributed by atoms with Crippen molar-refractivity contribution in [2.45, 2.75) is 20.8 Å². The van der Waals surface area contributed by atoms with Gasteiger partial charge in [0.1, 0.15) is 0 Å². The average Bonchev–Trinajstić information content (AvgIpc) is 2.53. The predicted octanol–water partition coefficient (Wildman–Crippen LogP) is 2.86. The van der Waals surface area contributed by atoms with Crippen molar-refractivity contribution in [1.29, 1.82) is 0 Å². The molecule has 1 aromatic carbocycles. The Morgan fingerprint density at radius 3 is 2.50 bits per heavy atom. The van der Waals surface area contributed by atoms with Crippen LogP contribution >= 0.6 is 11.6 Å². The number of hydrogen-bond acceptors (Lipinski definition) is 3. The summed E-state index contributed by atoms with van der Waals surface area (Å²) in [5.74, 6) is 0.0891. The van der Waals surface area contributed by atoms with Gasteiger partial charge in [-0.2, -0.15) is 0 Å². The maximum absolute atomic E-state index is 12.4. The molecule has 0 saturated carbocycles. The third-order valence-corrected chi connectivity index (χ3v) is 6.20. The van der Waals surface area contributed by atoms with Gasteiger partial charge in [0.15, 0.2) is 9.84 Å². The Hall–Kier alpha value is -1.27. The van der Waals surface area contributed by atoms with Crippen molar-refractivity contribution in [1.82, 2.24) is 4.90 Å². The second-order valence-electron chi connectivity index (χ2n) is 6.02. The largest absolute Gasteiger partial charge is 0.323 e. The zero-order valence-corrected chi connectivity index (χ0v) is 14.6. The van der Waals surface area contributed by atoms with Gasteiger partial charge in [-0.1, -0.05) is 18.5 Å². The number of aryl methyl sites for hydroxylation is 2. The van der Waals surface area contributed by atoms with Crippen LogP contribution in [0.2, 0.25) is 5.02 Å². The number of urea groups is 1. The molecule has 0 spiro atoms. The molecular weight excluding hydrogens is 324 g/mol. The molecule has 1 aliphatic heterocycles. The highest BCUT2D eigenvalue weighted by atomic mass is 35.5. The van der Waals surface area contributed by atoms with E-state index in [-0.39, 0.29) is 30.0 Å². The van der Waals surface area contributed by atoms with Gasteiger partial charge in [0, 0.05) is 23.8 Å². The predicted molar refractivity (Wildman–Crippen MR) is 89.3 cm³/mol. The number of anilines is 1. The lowest BCUT2D eigenvalue weighted by atomic mass is 10.1. The molecule has 0 unspecified atom stereocenters. The fourth-order valence-electron chi connectivity index (χ4n) is 2.69. The molecule has 1 aliphatic rings. The molecule has 1 heterocycles. The highest BCUT2D eigenvalue weighted by Gasteiger charge is 2.27. The second kappa shape index (κ2) is 6.46. The minimum absolute atomic E-state index is 0.0173. The first-order valence-corrected chi connectivity index (χ1v) is 9.41. The van der Waals surface area contributed by atoms with Crippen LogP contribution < -0.4 is 5.32 Å². The van der Waals surface area contributed by atoms with Gasteiger partial charge < -0.3 is 10.2 Å². The molecule has 0 radical (unpaired) electrons. The SMILES string of the molecule is Cc1cc(NC(=O)N2CCS(=O)(=O)C[C@H](C)C2)cc(C)c1Cl. The summed E-state index contributed by atoms with van der Waals surface area (Å²) in [4.78, 5) is 13.9. The van der Waals surface area contributed by atoms with Gasteiger partial charge in [-0.25, -0.2) is 13.2 Å². The standard InChI is InChI=1S/C15H21ClN2O3S/c1-10-8-18(4-5-22(20,21)9-10)15(19)17-13-6-11(2)14(16)12(3)7-13/h6-7,10H,4-5,8-9H2,1-3H3,(H,17,19)/t10-/m1/s1. The third-order valence-electron chi connectivity index (χ3n) is 3.72. The van der Waals surface area contributed by atoms with Crippen molar-refractivity contribution < 1.29 is 13.2 Å². The van der Waals surface area contributed by atoms with Crippen LogP contribution in [0, 0.1) is 19.8 Å². The number of carbonyl (C=O) groups is 1. The maximum Gasteiger partial charge on any atom is 0.321 e. The summed E-state index contributed by atoms with van der Waals surface area (Å²) >= 11 is 6.12. The first kappa shape index (κ1) is 17.1. The molecule has 7 heteroatoms. The van der Waals surface area contributed by atoms with Gasteiger partial charge in [-0.15, -0.1) is 0 Å². The highest BCUT2D eigenvalue weighted by molar-refractivity contribution is 7.91. The Balaban J connectivity index is 2.12. The van der Waals surface area contributed by atoms with E-state index >= 15 is 0 Å². The van der Waals surface area contributed by atoms with E-state index in [2.05, 4.69) is 5.32 Å². The zero-order chi connectivity index (χ0) is 16.5. The molecular formula is C15H21ClN2O3S. The maximum atomic E-state index is 12.4. The number of sulfone groups is 1. The first-order valence-electron chi connectivity index (χ1n) is 7.21. The lowest BCUT2D eigenvalue weighted by Gasteiger charge is -2.22. The molecule has 1 N–H and O–H groups in total. The summed E-state index contributed by atoms with van der Waals surface area (Å²) in [6.07, 6.45) is 0. The Morgan fingerprint density at radius 1 is 1.32 bits per heavy atom. The van der Waals surface area contributed by atoms with E-state index in [4.69, 9.17) is 11.6 Å². The van der Waals surface area contributed by atoms with E-state index < -0.39 is 9.84 Å². The number of nitrogens with zero attached hydrogens (tertiary/aromatic N) is 1. The number of hydrogen-bond donors (Lipinski definition) is 1. The van der Waals surface area contributed by atoms with Crippen molar-refractivity contribution in [2.75, 3.05) is 29.9 Å². The molecule has 5 nitrogen and oxygen atoms in total. The van der Waals surface area contributed by atoms with Crippen LogP contribution in [0.3, 0.4) is 0 Å².